The van der Waals surface area contributed by atoms with Gasteiger partial charge in [0.2, 0.25) is 5.91 Å². The maximum atomic E-state index is 13.6. The molecule has 0 aromatic heterocycles. The predicted octanol–water partition coefficient (Wildman–Crippen LogP) is 4.04. The van der Waals surface area contributed by atoms with E-state index in [1.807, 2.05) is 44.2 Å². The first-order chi connectivity index (χ1) is 16.8. The van der Waals surface area contributed by atoms with Crippen molar-refractivity contribution in [3.8, 4) is 0 Å². The average Bonchev–Trinajstić information content (AvgIpc) is 3.51. The van der Waals surface area contributed by atoms with Gasteiger partial charge < -0.3 is 10.1 Å². The molecule has 0 radical (unpaired) electrons. The fourth-order valence-electron chi connectivity index (χ4n) is 4.64. The van der Waals surface area contributed by atoms with Crippen molar-refractivity contribution >= 4 is 63.0 Å². The zero-order valence-corrected chi connectivity index (χ0v) is 21.1. The fraction of sp³-hybridized carbons (Fsp3) is 0.308. The molecule has 1 N–H and O–H groups in total. The highest BCUT2D eigenvalue weighted by Crippen LogP contribution is 2.44. The van der Waals surface area contributed by atoms with Gasteiger partial charge in [-0.15, -0.1) is 0 Å². The Balaban J connectivity index is 1.41. The minimum Gasteiger partial charge on any atom is -0.376 e. The summed E-state index contributed by atoms with van der Waals surface area (Å²) in [6.45, 7) is 4.83. The number of carbonyl (C=O) groups excluding carboxylic acids is 3. The van der Waals surface area contributed by atoms with Crippen LogP contribution in [0.2, 0.25) is 0 Å². The second-order valence-corrected chi connectivity index (χ2v) is 10.5. The van der Waals surface area contributed by atoms with Crippen molar-refractivity contribution in [2.75, 3.05) is 29.9 Å². The van der Waals surface area contributed by atoms with Crippen LogP contribution in [0.15, 0.2) is 47.4 Å². The van der Waals surface area contributed by atoms with Gasteiger partial charge in [0.25, 0.3) is 11.8 Å². The summed E-state index contributed by atoms with van der Waals surface area (Å²) < 4.78 is 6.10. The normalized spacial score (nSPS) is 21.8. The van der Waals surface area contributed by atoms with E-state index < -0.39 is 0 Å². The summed E-state index contributed by atoms with van der Waals surface area (Å²) in [5.74, 6) is -0.970. The van der Waals surface area contributed by atoms with E-state index in [4.69, 9.17) is 17.0 Å². The second kappa shape index (κ2) is 9.56. The third-order valence-electron chi connectivity index (χ3n) is 6.37. The van der Waals surface area contributed by atoms with Gasteiger partial charge in [-0.25, -0.2) is 0 Å². The van der Waals surface area contributed by atoms with Gasteiger partial charge in [0.15, 0.2) is 0 Å². The lowest BCUT2D eigenvalue weighted by Gasteiger charge is -2.18. The van der Waals surface area contributed by atoms with Crippen LogP contribution in [0.25, 0.3) is 5.57 Å². The highest BCUT2D eigenvalue weighted by Gasteiger charge is 2.43. The van der Waals surface area contributed by atoms with Crippen molar-refractivity contribution < 1.29 is 19.1 Å². The van der Waals surface area contributed by atoms with E-state index >= 15 is 0 Å². The number of aryl methyl sites for hydroxylation is 2. The van der Waals surface area contributed by atoms with Gasteiger partial charge in [-0.05, 0) is 44.4 Å². The fourth-order valence-corrected chi connectivity index (χ4v) is 5.99. The summed E-state index contributed by atoms with van der Waals surface area (Å²) in [7, 11) is 0. The summed E-state index contributed by atoms with van der Waals surface area (Å²) in [6, 6.07) is 13.0. The van der Waals surface area contributed by atoms with Gasteiger partial charge in [0.05, 0.1) is 28.8 Å². The Morgan fingerprint density at radius 3 is 2.69 bits per heavy atom. The number of thioether (sulfide) groups is 1. The highest BCUT2D eigenvalue weighted by atomic mass is 32.2. The standard InChI is InChI=1S/C26H25N3O4S2/c1-15-9-10-19(16(2)12-15)27-21(30)14-28-20-8-4-3-7-18(20)22(24(28)31)23-25(32)29(26(34)35-23)13-17-6-5-11-33-17/h3-4,7-10,12,17H,5-6,11,13-14H2,1-2H3,(H,27,30)/b23-22-/t17-/m1/s1. The van der Waals surface area contributed by atoms with Gasteiger partial charge in [0, 0.05) is 17.9 Å². The van der Waals surface area contributed by atoms with E-state index in [1.165, 1.54) is 9.80 Å². The molecule has 3 amide bonds. The van der Waals surface area contributed by atoms with Gasteiger partial charge in [-0.1, -0.05) is 59.9 Å². The molecule has 0 saturated carbocycles. The molecule has 5 rings (SSSR count). The van der Waals surface area contributed by atoms with Crippen molar-refractivity contribution in [1.29, 1.82) is 0 Å². The molecule has 0 aliphatic carbocycles. The topological polar surface area (TPSA) is 79.0 Å². The molecule has 0 unspecified atom stereocenters. The van der Waals surface area contributed by atoms with E-state index in [-0.39, 0.29) is 30.4 Å². The van der Waals surface area contributed by atoms with Crippen LogP contribution in [0.4, 0.5) is 11.4 Å². The second-order valence-electron chi connectivity index (χ2n) is 8.90. The van der Waals surface area contributed by atoms with Crippen molar-refractivity contribution in [3.05, 3.63) is 64.1 Å². The molecule has 2 fully saturated rings. The third kappa shape index (κ3) is 4.51. The minimum absolute atomic E-state index is 0.0427. The molecule has 7 nitrogen and oxygen atoms in total. The minimum atomic E-state index is -0.375. The lowest BCUT2D eigenvalue weighted by molar-refractivity contribution is -0.123. The molecule has 180 valence electrons. The molecular formula is C26H25N3O4S2. The number of nitrogens with one attached hydrogen (secondary N) is 1. The van der Waals surface area contributed by atoms with Crippen LogP contribution in [-0.4, -0.2) is 52.7 Å². The van der Waals surface area contributed by atoms with E-state index in [9.17, 15) is 14.4 Å². The number of ether oxygens (including phenoxy) is 1. The zero-order valence-electron chi connectivity index (χ0n) is 19.5. The van der Waals surface area contributed by atoms with Crippen molar-refractivity contribution in [2.45, 2.75) is 32.8 Å². The quantitative estimate of drug-likeness (QED) is 0.486. The largest absolute Gasteiger partial charge is 0.376 e. The van der Waals surface area contributed by atoms with Gasteiger partial charge in [0.1, 0.15) is 10.9 Å². The summed E-state index contributed by atoms with van der Waals surface area (Å²) in [5, 5.41) is 2.90. The Labute approximate surface area is 213 Å². The Morgan fingerprint density at radius 2 is 1.94 bits per heavy atom. The number of thiocarbonyl (C=S) groups is 1. The number of hydrogen-bond acceptors (Lipinski definition) is 6. The number of anilines is 2. The van der Waals surface area contributed by atoms with Gasteiger partial charge in [-0.2, -0.15) is 0 Å². The number of nitrogens with zero attached hydrogens (tertiary/aromatic N) is 2. The summed E-state index contributed by atoms with van der Waals surface area (Å²) in [5.41, 5.74) is 4.29. The van der Waals surface area contributed by atoms with Crippen LogP contribution in [0.1, 0.15) is 29.5 Å². The van der Waals surface area contributed by atoms with Crippen LogP contribution >= 0.6 is 24.0 Å². The van der Waals surface area contributed by atoms with E-state index in [0.717, 1.165) is 35.7 Å². The molecule has 3 aliphatic heterocycles. The van der Waals surface area contributed by atoms with Crippen LogP contribution in [-0.2, 0) is 19.1 Å². The molecule has 0 spiro atoms. The summed E-state index contributed by atoms with van der Waals surface area (Å²) in [4.78, 5) is 43.1. The van der Waals surface area contributed by atoms with Crippen molar-refractivity contribution in [3.63, 3.8) is 0 Å². The molecule has 3 heterocycles. The first-order valence-corrected chi connectivity index (χ1v) is 12.7. The number of hydrogen-bond donors (Lipinski definition) is 1. The number of fused-ring (bicyclic) bond motifs is 1. The van der Waals surface area contributed by atoms with Crippen molar-refractivity contribution in [1.82, 2.24) is 4.90 Å². The third-order valence-corrected chi connectivity index (χ3v) is 7.82. The lowest BCUT2D eigenvalue weighted by Crippen LogP contribution is -2.36. The molecule has 35 heavy (non-hydrogen) atoms. The number of rotatable bonds is 5. The highest BCUT2D eigenvalue weighted by molar-refractivity contribution is 8.26. The molecular weight excluding hydrogens is 482 g/mol. The first kappa shape index (κ1) is 23.7. The molecule has 0 bridgehead atoms. The number of para-hydroxylation sites is 1. The molecule has 3 aliphatic rings. The Hall–Kier alpha value is -3.01. The molecule has 9 heteroatoms. The molecule has 2 aromatic carbocycles. The van der Waals surface area contributed by atoms with E-state index in [0.29, 0.717) is 44.9 Å². The van der Waals surface area contributed by atoms with Crippen LogP contribution in [0.3, 0.4) is 0 Å². The maximum absolute atomic E-state index is 13.6. The smallest absolute Gasteiger partial charge is 0.267 e. The number of carbonyl (C=O) groups is 3. The molecule has 2 saturated heterocycles. The average molecular weight is 508 g/mol. The zero-order chi connectivity index (χ0) is 24.7. The van der Waals surface area contributed by atoms with Gasteiger partial charge >= 0.3 is 0 Å². The van der Waals surface area contributed by atoms with Crippen LogP contribution in [0.5, 0.6) is 0 Å². The van der Waals surface area contributed by atoms with Crippen molar-refractivity contribution in [2.24, 2.45) is 0 Å². The Morgan fingerprint density at radius 1 is 1.14 bits per heavy atom. The van der Waals surface area contributed by atoms with Gasteiger partial charge in [-0.3, -0.25) is 24.2 Å². The Bertz CT molecular complexity index is 1280. The Kier molecular flexibility index (Phi) is 6.48. The first-order valence-electron chi connectivity index (χ1n) is 11.5. The number of benzene rings is 2. The number of amides is 3. The SMILES string of the molecule is Cc1ccc(NC(=O)CN2C(=O)/C(=C3\SC(=S)N(C[C@H]4CCCO4)C3=O)c3ccccc32)c(C)c1. The monoisotopic (exact) mass is 507 g/mol. The lowest BCUT2D eigenvalue weighted by atomic mass is 10.1. The van der Waals surface area contributed by atoms with Crippen LogP contribution < -0.4 is 10.2 Å². The summed E-state index contributed by atoms with van der Waals surface area (Å²) >= 11 is 6.63. The predicted molar refractivity (Wildman–Crippen MR) is 141 cm³/mol. The maximum Gasteiger partial charge on any atom is 0.267 e. The summed E-state index contributed by atoms with van der Waals surface area (Å²) in [6.07, 6.45) is 1.80. The van der Waals surface area contributed by atoms with E-state index in [1.54, 1.807) is 12.1 Å². The molecule has 2 aromatic rings. The van der Waals surface area contributed by atoms with Crippen LogP contribution in [0, 0.1) is 13.8 Å². The van der Waals surface area contributed by atoms with E-state index in [2.05, 4.69) is 5.32 Å². The molecule has 1 atom stereocenters.